The summed E-state index contributed by atoms with van der Waals surface area (Å²) < 4.78 is 14.2. The summed E-state index contributed by atoms with van der Waals surface area (Å²) in [6.45, 7) is 6.40. The summed E-state index contributed by atoms with van der Waals surface area (Å²) in [5.74, 6) is 0.744. The van der Waals surface area contributed by atoms with Crippen LogP contribution >= 0.6 is 0 Å². The van der Waals surface area contributed by atoms with Crippen LogP contribution in [0.4, 0.5) is 10.1 Å². The molecular weight excluding hydrogens is 263 g/mol. The van der Waals surface area contributed by atoms with Crippen molar-refractivity contribution in [2.75, 3.05) is 18.0 Å². The van der Waals surface area contributed by atoms with Crippen LogP contribution in [0.3, 0.4) is 0 Å². The first-order chi connectivity index (χ1) is 10.2. The highest BCUT2D eigenvalue weighted by molar-refractivity contribution is 5.55. The second kappa shape index (κ2) is 7.79. The first-order valence-corrected chi connectivity index (χ1v) is 8.43. The van der Waals surface area contributed by atoms with E-state index in [-0.39, 0.29) is 11.9 Å². The van der Waals surface area contributed by atoms with Crippen LogP contribution in [0.5, 0.6) is 0 Å². The Morgan fingerprint density at radius 1 is 1.29 bits per heavy atom. The summed E-state index contributed by atoms with van der Waals surface area (Å²) in [5, 5.41) is 0. The van der Waals surface area contributed by atoms with E-state index in [1.165, 1.54) is 25.7 Å². The molecule has 1 saturated heterocycles. The van der Waals surface area contributed by atoms with Gasteiger partial charge < -0.3 is 10.6 Å². The van der Waals surface area contributed by atoms with Crippen molar-refractivity contribution in [3.8, 4) is 0 Å². The van der Waals surface area contributed by atoms with Gasteiger partial charge in [-0.25, -0.2) is 4.39 Å². The van der Waals surface area contributed by atoms with Crippen molar-refractivity contribution >= 4 is 5.69 Å². The maximum absolute atomic E-state index is 14.2. The molecule has 2 N–H and O–H groups in total. The summed E-state index contributed by atoms with van der Waals surface area (Å²) >= 11 is 0. The Balaban J connectivity index is 2.11. The quantitative estimate of drug-likeness (QED) is 0.854. The molecule has 3 heteroatoms. The smallest absolute Gasteiger partial charge is 0.128 e. The fourth-order valence-electron chi connectivity index (χ4n) is 3.32. The molecule has 0 aliphatic carbocycles. The van der Waals surface area contributed by atoms with Crippen LogP contribution in [0.2, 0.25) is 0 Å². The Labute approximate surface area is 128 Å². The molecular formula is C18H29FN2. The van der Waals surface area contributed by atoms with Crippen molar-refractivity contribution in [1.82, 2.24) is 0 Å². The lowest BCUT2D eigenvalue weighted by Gasteiger charge is -2.35. The van der Waals surface area contributed by atoms with Gasteiger partial charge in [0.2, 0.25) is 0 Å². The number of hydrogen-bond donors (Lipinski definition) is 1. The Morgan fingerprint density at radius 3 is 2.62 bits per heavy atom. The predicted molar refractivity (Wildman–Crippen MR) is 88.2 cm³/mol. The molecule has 2 nitrogen and oxygen atoms in total. The van der Waals surface area contributed by atoms with Crippen molar-refractivity contribution in [3.05, 3.63) is 29.6 Å². The van der Waals surface area contributed by atoms with Gasteiger partial charge in [-0.05, 0) is 43.7 Å². The molecule has 0 spiro atoms. The molecule has 1 fully saturated rings. The number of nitrogens with two attached hydrogens (primary N) is 1. The number of hydrogen-bond acceptors (Lipinski definition) is 2. The van der Waals surface area contributed by atoms with Crippen LogP contribution in [0.15, 0.2) is 18.2 Å². The van der Waals surface area contributed by atoms with Crippen molar-refractivity contribution in [2.45, 2.75) is 58.4 Å². The second-order valence-electron chi connectivity index (χ2n) is 6.33. The Morgan fingerprint density at radius 2 is 2.00 bits per heavy atom. The molecule has 2 rings (SSSR count). The van der Waals surface area contributed by atoms with Crippen LogP contribution in [-0.2, 0) is 6.42 Å². The van der Waals surface area contributed by atoms with E-state index in [4.69, 9.17) is 5.73 Å². The van der Waals surface area contributed by atoms with Gasteiger partial charge in [-0.1, -0.05) is 32.8 Å². The van der Waals surface area contributed by atoms with E-state index < -0.39 is 0 Å². The third kappa shape index (κ3) is 4.19. The minimum atomic E-state index is -0.105. The van der Waals surface area contributed by atoms with Gasteiger partial charge in [-0.3, -0.25) is 0 Å². The number of rotatable bonds is 6. The normalized spacial score (nSPS) is 18.0. The Bertz CT molecular complexity index is 439. The summed E-state index contributed by atoms with van der Waals surface area (Å²) in [5.41, 5.74) is 7.92. The Hall–Kier alpha value is -1.09. The van der Waals surface area contributed by atoms with E-state index in [0.717, 1.165) is 36.7 Å². The number of piperidine rings is 1. The summed E-state index contributed by atoms with van der Waals surface area (Å²) in [4.78, 5) is 2.35. The van der Waals surface area contributed by atoms with E-state index in [1.807, 2.05) is 6.07 Å². The highest BCUT2D eigenvalue weighted by Gasteiger charge is 2.22. The lowest BCUT2D eigenvalue weighted by molar-refractivity contribution is 0.377. The summed E-state index contributed by atoms with van der Waals surface area (Å²) in [6.07, 6.45) is 6.55. The molecule has 1 heterocycles. The molecule has 1 aromatic carbocycles. The number of nitrogens with zero attached hydrogens (tertiary/aromatic N) is 1. The fourth-order valence-corrected chi connectivity index (χ4v) is 3.32. The molecule has 1 atom stereocenters. The van der Waals surface area contributed by atoms with E-state index in [9.17, 15) is 4.39 Å². The number of anilines is 1. The third-order valence-corrected chi connectivity index (χ3v) is 4.74. The zero-order valence-electron chi connectivity index (χ0n) is 13.4. The van der Waals surface area contributed by atoms with E-state index in [0.29, 0.717) is 6.42 Å². The van der Waals surface area contributed by atoms with Gasteiger partial charge in [0.25, 0.3) is 0 Å². The third-order valence-electron chi connectivity index (χ3n) is 4.74. The monoisotopic (exact) mass is 292 g/mol. The fraction of sp³-hybridized carbons (Fsp3) is 0.667. The van der Waals surface area contributed by atoms with Gasteiger partial charge in [0.1, 0.15) is 5.82 Å². The average Bonchev–Trinajstić information content (AvgIpc) is 2.50. The van der Waals surface area contributed by atoms with Crippen LogP contribution in [0.25, 0.3) is 0 Å². The zero-order chi connectivity index (χ0) is 15.2. The van der Waals surface area contributed by atoms with E-state index in [2.05, 4.69) is 24.8 Å². The number of halogens is 1. The van der Waals surface area contributed by atoms with E-state index >= 15 is 0 Å². The Kier molecular flexibility index (Phi) is 6.04. The average molecular weight is 292 g/mol. The lowest BCUT2D eigenvalue weighted by Crippen LogP contribution is -2.35. The summed E-state index contributed by atoms with van der Waals surface area (Å²) in [6, 6.07) is 5.48. The molecule has 1 unspecified atom stereocenters. The lowest BCUT2D eigenvalue weighted by atomic mass is 9.91. The second-order valence-corrected chi connectivity index (χ2v) is 6.33. The first kappa shape index (κ1) is 16.3. The van der Waals surface area contributed by atoms with Gasteiger partial charge in [0.15, 0.2) is 0 Å². The van der Waals surface area contributed by atoms with Gasteiger partial charge in [0, 0.05) is 30.4 Å². The largest absolute Gasteiger partial charge is 0.371 e. The van der Waals surface area contributed by atoms with Crippen LogP contribution in [0, 0.1) is 11.7 Å². The SMILES string of the molecule is CCCC1CCN(c2cccc(F)c2CC(N)CC)CC1. The molecule has 0 amide bonds. The van der Waals surface area contributed by atoms with Gasteiger partial charge in [-0.15, -0.1) is 0 Å². The summed E-state index contributed by atoms with van der Waals surface area (Å²) in [7, 11) is 0. The van der Waals surface area contributed by atoms with Crippen LogP contribution in [-0.4, -0.2) is 19.1 Å². The first-order valence-electron chi connectivity index (χ1n) is 8.43. The molecule has 0 aromatic heterocycles. The molecule has 1 aliphatic rings. The van der Waals surface area contributed by atoms with Crippen molar-refractivity contribution in [2.24, 2.45) is 11.7 Å². The molecule has 0 bridgehead atoms. The number of benzene rings is 1. The zero-order valence-corrected chi connectivity index (χ0v) is 13.4. The van der Waals surface area contributed by atoms with Gasteiger partial charge in [0.05, 0.1) is 0 Å². The van der Waals surface area contributed by atoms with Crippen LogP contribution in [0.1, 0.15) is 51.5 Å². The molecule has 0 radical (unpaired) electrons. The van der Waals surface area contributed by atoms with Gasteiger partial charge >= 0.3 is 0 Å². The maximum Gasteiger partial charge on any atom is 0.128 e. The molecule has 1 aliphatic heterocycles. The standard InChI is InChI=1S/C18H29FN2/c1-3-6-14-9-11-21(12-10-14)18-8-5-7-17(19)16(18)13-15(20)4-2/h5,7-8,14-15H,3-4,6,9-13,20H2,1-2H3. The molecule has 1 aromatic rings. The topological polar surface area (TPSA) is 29.3 Å². The van der Waals surface area contributed by atoms with Crippen molar-refractivity contribution in [3.63, 3.8) is 0 Å². The molecule has 118 valence electrons. The highest BCUT2D eigenvalue weighted by atomic mass is 19.1. The van der Waals surface area contributed by atoms with Gasteiger partial charge in [-0.2, -0.15) is 0 Å². The highest BCUT2D eigenvalue weighted by Crippen LogP contribution is 2.30. The molecule has 21 heavy (non-hydrogen) atoms. The minimum Gasteiger partial charge on any atom is -0.371 e. The predicted octanol–water partition coefficient (Wildman–Crippen LogP) is 4.12. The van der Waals surface area contributed by atoms with Crippen molar-refractivity contribution < 1.29 is 4.39 Å². The van der Waals surface area contributed by atoms with Crippen molar-refractivity contribution in [1.29, 1.82) is 0 Å². The maximum atomic E-state index is 14.2. The van der Waals surface area contributed by atoms with E-state index in [1.54, 1.807) is 6.07 Å². The molecule has 0 saturated carbocycles. The minimum absolute atomic E-state index is 0.0401. The van der Waals surface area contributed by atoms with Crippen LogP contribution < -0.4 is 10.6 Å².